The van der Waals surface area contributed by atoms with Crippen LogP contribution in [0.3, 0.4) is 0 Å². The van der Waals surface area contributed by atoms with Crippen molar-refractivity contribution in [1.82, 2.24) is 4.57 Å². The van der Waals surface area contributed by atoms with Gasteiger partial charge in [0.15, 0.2) is 0 Å². The standard InChI is InChI=1S/C13H9NO3/c1-8(15)14-6-10-9-4-2-3-5-12(9)17-13(16)11(10)7-14/h2-7H,1H3. The average molecular weight is 227 g/mol. The maximum Gasteiger partial charge on any atom is 0.345 e. The fourth-order valence-corrected chi connectivity index (χ4v) is 1.95. The molecule has 0 saturated carbocycles. The Balaban J connectivity index is 2.56. The van der Waals surface area contributed by atoms with Gasteiger partial charge in [0.05, 0.1) is 5.39 Å². The lowest BCUT2D eigenvalue weighted by atomic mass is 10.1. The first-order valence-electron chi connectivity index (χ1n) is 5.21. The van der Waals surface area contributed by atoms with E-state index < -0.39 is 5.63 Å². The van der Waals surface area contributed by atoms with E-state index in [1.165, 1.54) is 17.7 Å². The molecule has 0 fully saturated rings. The number of carbonyl (C=O) groups is 1. The summed E-state index contributed by atoms with van der Waals surface area (Å²) in [4.78, 5) is 23.0. The zero-order valence-electron chi connectivity index (χ0n) is 9.14. The first-order valence-corrected chi connectivity index (χ1v) is 5.21. The molecule has 0 spiro atoms. The number of nitrogens with zero attached hydrogens (tertiary/aromatic N) is 1. The maximum atomic E-state index is 11.7. The number of rotatable bonds is 0. The van der Waals surface area contributed by atoms with Crippen LogP contribution in [0, 0.1) is 0 Å². The smallest absolute Gasteiger partial charge is 0.345 e. The van der Waals surface area contributed by atoms with Gasteiger partial charge < -0.3 is 4.42 Å². The molecule has 84 valence electrons. The summed E-state index contributed by atoms with van der Waals surface area (Å²) < 4.78 is 6.58. The van der Waals surface area contributed by atoms with Crippen LogP contribution < -0.4 is 5.63 Å². The number of para-hydroxylation sites is 1. The maximum absolute atomic E-state index is 11.7. The monoisotopic (exact) mass is 227 g/mol. The van der Waals surface area contributed by atoms with E-state index >= 15 is 0 Å². The molecule has 4 nitrogen and oxygen atoms in total. The molecule has 0 aliphatic heterocycles. The van der Waals surface area contributed by atoms with Crippen LogP contribution in [0.2, 0.25) is 0 Å². The first-order chi connectivity index (χ1) is 8.16. The molecule has 0 radical (unpaired) electrons. The minimum Gasteiger partial charge on any atom is -0.422 e. The molecule has 0 aliphatic rings. The van der Waals surface area contributed by atoms with Crippen molar-refractivity contribution in [2.24, 2.45) is 0 Å². The van der Waals surface area contributed by atoms with Gasteiger partial charge in [-0.05, 0) is 6.07 Å². The summed E-state index contributed by atoms with van der Waals surface area (Å²) in [5.74, 6) is -0.135. The van der Waals surface area contributed by atoms with Crippen LogP contribution in [0.25, 0.3) is 21.7 Å². The Kier molecular flexibility index (Phi) is 1.92. The number of aromatic nitrogens is 1. The van der Waals surface area contributed by atoms with Gasteiger partial charge in [-0.3, -0.25) is 9.36 Å². The highest BCUT2D eigenvalue weighted by atomic mass is 16.4. The fourth-order valence-electron chi connectivity index (χ4n) is 1.95. The normalized spacial score (nSPS) is 11.1. The Morgan fingerprint density at radius 2 is 1.82 bits per heavy atom. The van der Waals surface area contributed by atoms with E-state index in [-0.39, 0.29) is 5.91 Å². The third kappa shape index (κ3) is 1.38. The summed E-state index contributed by atoms with van der Waals surface area (Å²) in [6.45, 7) is 1.45. The van der Waals surface area contributed by atoms with Crippen molar-refractivity contribution in [2.45, 2.75) is 6.92 Å². The topological polar surface area (TPSA) is 52.2 Å². The second-order valence-corrected chi connectivity index (χ2v) is 3.90. The minimum atomic E-state index is -0.418. The highest BCUT2D eigenvalue weighted by Gasteiger charge is 2.10. The van der Waals surface area contributed by atoms with Crippen molar-refractivity contribution in [1.29, 1.82) is 0 Å². The van der Waals surface area contributed by atoms with Gasteiger partial charge in [0.2, 0.25) is 5.91 Å². The fraction of sp³-hybridized carbons (Fsp3) is 0.0769. The van der Waals surface area contributed by atoms with E-state index in [1.807, 2.05) is 12.1 Å². The summed E-state index contributed by atoms with van der Waals surface area (Å²) in [6.07, 6.45) is 3.17. The van der Waals surface area contributed by atoms with E-state index in [0.717, 1.165) is 10.8 Å². The van der Waals surface area contributed by atoms with Gasteiger partial charge in [0, 0.05) is 30.1 Å². The van der Waals surface area contributed by atoms with Crippen LogP contribution in [0.4, 0.5) is 0 Å². The second-order valence-electron chi connectivity index (χ2n) is 3.90. The van der Waals surface area contributed by atoms with E-state index in [2.05, 4.69) is 0 Å². The molecule has 3 rings (SSSR count). The molecule has 0 N–H and O–H groups in total. The number of hydrogen-bond acceptors (Lipinski definition) is 3. The number of carbonyl (C=O) groups excluding carboxylic acids is 1. The van der Waals surface area contributed by atoms with Crippen molar-refractivity contribution in [3.63, 3.8) is 0 Å². The summed E-state index contributed by atoms with van der Waals surface area (Å²) >= 11 is 0. The third-order valence-electron chi connectivity index (χ3n) is 2.79. The second kappa shape index (κ2) is 3.31. The summed E-state index contributed by atoms with van der Waals surface area (Å²) in [5.41, 5.74) is 0.116. The predicted octanol–water partition coefficient (Wildman–Crippen LogP) is 2.41. The SMILES string of the molecule is CC(=O)n1cc2c(=O)oc3ccccc3c2c1. The van der Waals surface area contributed by atoms with Gasteiger partial charge >= 0.3 is 5.63 Å². The van der Waals surface area contributed by atoms with Crippen molar-refractivity contribution < 1.29 is 9.21 Å². The zero-order chi connectivity index (χ0) is 12.0. The minimum absolute atomic E-state index is 0.135. The molecule has 0 aliphatic carbocycles. The summed E-state index contributed by atoms with van der Waals surface area (Å²) in [6, 6.07) is 7.28. The van der Waals surface area contributed by atoms with E-state index in [4.69, 9.17) is 4.42 Å². The quantitative estimate of drug-likeness (QED) is 0.554. The summed E-state index contributed by atoms with van der Waals surface area (Å²) in [7, 11) is 0. The number of hydrogen-bond donors (Lipinski definition) is 0. The molecule has 0 atom stereocenters. The molecule has 0 bridgehead atoms. The Morgan fingerprint density at radius 1 is 1.12 bits per heavy atom. The van der Waals surface area contributed by atoms with Crippen LogP contribution in [0.1, 0.15) is 11.7 Å². The lowest BCUT2D eigenvalue weighted by Crippen LogP contribution is -2.01. The van der Waals surface area contributed by atoms with Gasteiger partial charge in [-0.15, -0.1) is 0 Å². The van der Waals surface area contributed by atoms with Gasteiger partial charge in [0.25, 0.3) is 0 Å². The van der Waals surface area contributed by atoms with Gasteiger partial charge in [-0.1, -0.05) is 18.2 Å². The molecule has 17 heavy (non-hydrogen) atoms. The lowest BCUT2D eigenvalue weighted by molar-refractivity contribution is 0.0937. The van der Waals surface area contributed by atoms with Crippen molar-refractivity contribution in [3.05, 3.63) is 47.1 Å². The van der Waals surface area contributed by atoms with Crippen LogP contribution in [0.15, 0.2) is 45.9 Å². The van der Waals surface area contributed by atoms with Gasteiger partial charge in [-0.2, -0.15) is 0 Å². The molecule has 0 unspecified atom stereocenters. The predicted molar refractivity (Wildman–Crippen MR) is 64.3 cm³/mol. The van der Waals surface area contributed by atoms with Crippen LogP contribution in [-0.4, -0.2) is 10.5 Å². The molecular weight excluding hydrogens is 218 g/mol. The van der Waals surface area contributed by atoms with Crippen LogP contribution in [0.5, 0.6) is 0 Å². The van der Waals surface area contributed by atoms with Gasteiger partial charge in [-0.25, -0.2) is 4.79 Å². The number of benzene rings is 1. The highest BCUT2D eigenvalue weighted by Crippen LogP contribution is 2.22. The van der Waals surface area contributed by atoms with Crippen LogP contribution in [-0.2, 0) is 0 Å². The molecule has 0 saturated heterocycles. The van der Waals surface area contributed by atoms with Crippen LogP contribution >= 0.6 is 0 Å². The van der Waals surface area contributed by atoms with Crippen molar-refractivity contribution in [3.8, 4) is 0 Å². The third-order valence-corrected chi connectivity index (χ3v) is 2.79. The Morgan fingerprint density at radius 3 is 2.59 bits per heavy atom. The molecular formula is C13H9NO3. The number of fused-ring (bicyclic) bond motifs is 3. The van der Waals surface area contributed by atoms with E-state index in [1.54, 1.807) is 18.3 Å². The molecule has 4 heteroatoms. The zero-order valence-corrected chi connectivity index (χ0v) is 9.14. The molecule has 2 aromatic heterocycles. The Bertz CT molecular complexity index is 795. The van der Waals surface area contributed by atoms with E-state index in [0.29, 0.717) is 11.0 Å². The average Bonchev–Trinajstić information content (AvgIpc) is 2.75. The molecule has 1 aromatic carbocycles. The summed E-state index contributed by atoms with van der Waals surface area (Å²) in [5, 5.41) is 2.01. The Labute approximate surface area is 96.1 Å². The van der Waals surface area contributed by atoms with Crippen molar-refractivity contribution >= 4 is 27.6 Å². The first kappa shape index (κ1) is 9.84. The molecule has 3 aromatic rings. The molecule has 2 heterocycles. The van der Waals surface area contributed by atoms with Gasteiger partial charge in [0.1, 0.15) is 5.58 Å². The lowest BCUT2D eigenvalue weighted by Gasteiger charge is -1.96. The van der Waals surface area contributed by atoms with E-state index in [9.17, 15) is 9.59 Å². The Hall–Kier alpha value is -2.36. The highest BCUT2D eigenvalue weighted by molar-refractivity contribution is 6.05. The van der Waals surface area contributed by atoms with Crippen molar-refractivity contribution in [2.75, 3.05) is 0 Å². The molecule has 0 amide bonds. The largest absolute Gasteiger partial charge is 0.422 e.